The number of carbonyl (C=O) groups excluding carboxylic acids is 2. The lowest BCUT2D eigenvalue weighted by molar-refractivity contribution is -0.137. The molecule has 5 nitrogen and oxygen atoms in total. The SMILES string of the molecule is CC1NC(=O)CC(C(=O)NC(c2ccc(F)cc2)c2ccc(C(F)(F)F)cc2)N1. The number of alkyl halides is 3. The van der Waals surface area contributed by atoms with E-state index in [1.54, 1.807) is 6.92 Å². The molecule has 3 N–H and O–H groups in total. The molecule has 1 aliphatic rings. The van der Waals surface area contributed by atoms with Crippen LogP contribution in [0.1, 0.15) is 36.1 Å². The first-order valence-corrected chi connectivity index (χ1v) is 8.92. The van der Waals surface area contributed by atoms with Crippen molar-refractivity contribution in [2.75, 3.05) is 0 Å². The molecule has 3 atom stereocenters. The number of halogens is 4. The molecule has 0 saturated carbocycles. The molecule has 0 aromatic heterocycles. The molecule has 9 heteroatoms. The lowest BCUT2D eigenvalue weighted by atomic mass is 9.96. The molecule has 1 aliphatic heterocycles. The van der Waals surface area contributed by atoms with Gasteiger partial charge in [-0.1, -0.05) is 24.3 Å². The number of amides is 2. The molecule has 2 aromatic rings. The minimum Gasteiger partial charge on any atom is -0.344 e. The van der Waals surface area contributed by atoms with Gasteiger partial charge in [0.15, 0.2) is 0 Å². The van der Waals surface area contributed by atoms with Gasteiger partial charge in [0.2, 0.25) is 11.8 Å². The summed E-state index contributed by atoms with van der Waals surface area (Å²) in [5.41, 5.74) is 0.0731. The summed E-state index contributed by atoms with van der Waals surface area (Å²) in [6.07, 6.45) is -4.95. The van der Waals surface area contributed by atoms with Crippen molar-refractivity contribution in [3.05, 3.63) is 71.0 Å². The molecule has 0 aliphatic carbocycles. The lowest BCUT2D eigenvalue weighted by Crippen LogP contribution is -2.59. The highest BCUT2D eigenvalue weighted by Crippen LogP contribution is 2.31. The predicted octanol–water partition coefficient (Wildman–Crippen LogP) is 2.87. The quantitative estimate of drug-likeness (QED) is 0.681. The van der Waals surface area contributed by atoms with Crippen LogP contribution >= 0.6 is 0 Å². The number of nitrogens with one attached hydrogen (secondary N) is 3. The largest absolute Gasteiger partial charge is 0.416 e. The molecule has 0 bridgehead atoms. The van der Waals surface area contributed by atoms with E-state index in [0.717, 1.165) is 12.1 Å². The van der Waals surface area contributed by atoms with Gasteiger partial charge in [0, 0.05) is 0 Å². The Morgan fingerprint density at radius 1 is 1.07 bits per heavy atom. The Morgan fingerprint density at radius 3 is 2.14 bits per heavy atom. The first kappa shape index (κ1) is 20.8. The van der Waals surface area contributed by atoms with Crippen molar-refractivity contribution in [2.24, 2.45) is 0 Å². The van der Waals surface area contributed by atoms with Gasteiger partial charge in [0.25, 0.3) is 0 Å². The fourth-order valence-corrected chi connectivity index (χ4v) is 3.18. The minimum absolute atomic E-state index is 0.0701. The maximum Gasteiger partial charge on any atom is 0.416 e. The zero-order chi connectivity index (χ0) is 21.2. The fourth-order valence-electron chi connectivity index (χ4n) is 3.18. The third-order valence-electron chi connectivity index (χ3n) is 4.60. The molecule has 0 spiro atoms. The average Bonchev–Trinajstić information content (AvgIpc) is 2.65. The van der Waals surface area contributed by atoms with Crippen LogP contribution in [-0.4, -0.2) is 24.0 Å². The summed E-state index contributed by atoms with van der Waals surface area (Å²) in [6.45, 7) is 1.69. The summed E-state index contributed by atoms with van der Waals surface area (Å²) in [5.74, 6) is -1.25. The second-order valence-corrected chi connectivity index (χ2v) is 6.83. The number of carbonyl (C=O) groups is 2. The van der Waals surface area contributed by atoms with E-state index in [1.165, 1.54) is 36.4 Å². The molecule has 1 heterocycles. The predicted molar refractivity (Wildman–Crippen MR) is 97.0 cm³/mol. The zero-order valence-corrected chi connectivity index (χ0v) is 15.4. The van der Waals surface area contributed by atoms with E-state index in [1.807, 2.05) is 0 Å². The van der Waals surface area contributed by atoms with E-state index in [4.69, 9.17) is 0 Å². The molecule has 154 valence electrons. The van der Waals surface area contributed by atoms with Gasteiger partial charge in [-0.3, -0.25) is 14.9 Å². The second-order valence-electron chi connectivity index (χ2n) is 6.83. The highest BCUT2D eigenvalue weighted by atomic mass is 19.4. The number of rotatable bonds is 4. The van der Waals surface area contributed by atoms with E-state index in [0.29, 0.717) is 11.1 Å². The van der Waals surface area contributed by atoms with Gasteiger partial charge in [-0.2, -0.15) is 13.2 Å². The summed E-state index contributed by atoms with van der Waals surface area (Å²) in [4.78, 5) is 24.4. The van der Waals surface area contributed by atoms with Crippen molar-refractivity contribution in [2.45, 2.75) is 37.8 Å². The summed E-state index contributed by atoms with van der Waals surface area (Å²) < 4.78 is 51.9. The number of benzene rings is 2. The first-order chi connectivity index (χ1) is 13.6. The van der Waals surface area contributed by atoms with Crippen LogP contribution in [0.25, 0.3) is 0 Å². The highest BCUT2D eigenvalue weighted by molar-refractivity contribution is 5.90. The Balaban J connectivity index is 1.88. The van der Waals surface area contributed by atoms with Crippen molar-refractivity contribution in [1.29, 1.82) is 0 Å². The van der Waals surface area contributed by atoms with Crippen LogP contribution in [0.2, 0.25) is 0 Å². The van der Waals surface area contributed by atoms with Gasteiger partial charge < -0.3 is 10.6 Å². The van der Waals surface area contributed by atoms with E-state index < -0.39 is 41.7 Å². The molecule has 1 saturated heterocycles. The van der Waals surface area contributed by atoms with Crippen LogP contribution in [-0.2, 0) is 15.8 Å². The molecular formula is C20H19F4N3O2. The van der Waals surface area contributed by atoms with Crippen LogP contribution in [0.5, 0.6) is 0 Å². The summed E-state index contributed by atoms with van der Waals surface area (Å²) in [7, 11) is 0. The Bertz CT molecular complexity index is 882. The average molecular weight is 409 g/mol. The first-order valence-electron chi connectivity index (χ1n) is 8.92. The van der Waals surface area contributed by atoms with E-state index in [2.05, 4.69) is 16.0 Å². The summed E-state index contributed by atoms with van der Waals surface area (Å²) in [5, 5.41) is 8.32. The van der Waals surface area contributed by atoms with Crippen LogP contribution in [0.3, 0.4) is 0 Å². The monoisotopic (exact) mass is 409 g/mol. The molecule has 1 fully saturated rings. The van der Waals surface area contributed by atoms with Gasteiger partial charge >= 0.3 is 6.18 Å². The van der Waals surface area contributed by atoms with Gasteiger partial charge in [-0.05, 0) is 42.3 Å². The molecule has 0 radical (unpaired) electrons. The van der Waals surface area contributed by atoms with Crippen molar-refractivity contribution < 1.29 is 27.2 Å². The van der Waals surface area contributed by atoms with Crippen molar-refractivity contribution >= 4 is 11.8 Å². The third kappa shape index (κ3) is 5.11. The summed E-state index contributed by atoms with van der Waals surface area (Å²) in [6, 6.07) is 8.06. The van der Waals surface area contributed by atoms with Gasteiger partial charge in [-0.25, -0.2) is 4.39 Å². The number of hydrogen-bond acceptors (Lipinski definition) is 3. The van der Waals surface area contributed by atoms with Crippen molar-refractivity contribution in [1.82, 2.24) is 16.0 Å². The van der Waals surface area contributed by atoms with Crippen molar-refractivity contribution in [3.8, 4) is 0 Å². The van der Waals surface area contributed by atoms with Crippen molar-refractivity contribution in [3.63, 3.8) is 0 Å². The minimum atomic E-state index is -4.48. The normalized spacial score (nSPS) is 20.7. The third-order valence-corrected chi connectivity index (χ3v) is 4.60. The molecule has 29 heavy (non-hydrogen) atoms. The van der Waals surface area contributed by atoms with Gasteiger partial charge in [-0.15, -0.1) is 0 Å². The van der Waals surface area contributed by atoms with E-state index in [-0.39, 0.29) is 12.3 Å². The lowest BCUT2D eigenvalue weighted by Gasteiger charge is -2.30. The highest BCUT2D eigenvalue weighted by Gasteiger charge is 2.32. The molecule has 3 rings (SSSR count). The maximum absolute atomic E-state index is 13.3. The van der Waals surface area contributed by atoms with Crippen LogP contribution in [0.15, 0.2) is 48.5 Å². The Labute approximate surface area is 164 Å². The molecule has 3 unspecified atom stereocenters. The van der Waals surface area contributed by atoms with Crippen LogP contribution in [0.4, 0.5) is 17.6 Å². The van der Waals surface area contributed by atoms with Gasteiger partial charge in [0.05, 0.1) is 30.2 Å². The molecular weight excluding hydrogens is 390 g/mol. The molecule has 2 aromatic carbocycles. The zero-order valence-electron chi connectivity index (χ0n) is 15.4. The van der Waals surface area contributed by atoms with Gasteiger partial charge in [0.1, 0.15) is 5.82 Å². The smallest absolute Gasteiger partial charge is 0.344 e. The molecule has 2 amide bonds. The Hall–Kier alpha value is -2.94. The topological polar surface area (TPSA) is 70.2 Å². The van der Waals surface area contributed by atoms with Crippen LogP contribution in [0, 0.1) is 5.82 Å². The van der Waals surface area contributed by atoms with Crippen LogP contribution < -0.4 is 16.0 Å². The second kappa shape index (κ2) is 8.20. The van der Waals surface area contributed by atoms with E-state index in [9.17, 15) is 27.2 Å². The Morgan fingerprint density at radius 2 is 1.62 bits per heavy atom. The van der Waals surface area contributed by atoms with E-state index >= 15 is 0 Å². The number of hydrogen-bond donors (Lipinski definition) is 3. The standard InChI is InChI=1S/C20H19F4N3O2/c1-11-25-16(10-17(28)26-11)19(29)27-18(13-4-8-15(21)9-5-13)12-2-6-14(7-3-12)20(22,23)24/h2-9,11,16,18,25H,10H2,1H3,(H,26,28)(H,27,29). The fraction of sp³-hybridized carbons (Fsp3) is 0.300. The summed E-state index contributed by atoms with van der Waals surface area (Å²) >= 11 is 0. The maximum atomic E-state index is 13.3. The Kier molecular flexibility index (Phi) is 5.88.